The molecular formula is C22H22ClN3O3. The predicted molar refractivity (Wildman–Crippen MR) is 115 cm³/mol. The number of methoxy groups -OCH3 is 1. The van der Waals surface area contributed by atoms with Crippen molar-refractivity contribution in [2.45, 2.75) is 20.8 Å². The lowest BCUT2D eigenvalue weighted by molar-refractivity contribution is -0.118. The van der Waals surface area contributed by atoms with E-state index in [1.807, 2.05) is 0 Å². The molecule has 0 fully saturated rings. The van der Waals surface area contributed by atoms with Crippen LogP contribution in [0.3, 0.4) is 0 Å². The number of aromatic nitrogens is 2. The van der Waals surface area contributed by atoms with Crippen molar-refractivity contribution in [1.29, 1.82) is 0 Å². The maximum Gasteiger partial charge on any atom is 0.228 e. The first kappa shape index (κ1) is 20.6. The molecule has 1 amide bonds. The van der Waals surface area contributed by atoms with Crippen molar-refractivity contribution >= 4 is 23.3 Å². The molecule has 7 heteroatoms. The molecule has 0 saturated heterocycles. The number of aryl methyl sites for hydroxylation is 1. The highest BCUT2D eigenvalue weighted by molar-refractivity contribution is 6.30. The molecule has 6 nitrogen and oxygen atoms in total. The summed E-state index contributed by atoms with van der Waals surface area (Å²) in [5.74, 6) is 0.499. The molecule has 0 aliphatic carbocycles. The minimum atomic E-state index is -0.270. The number of hydrogen-bond acceptors (Lipinski definition) is 4. The Labute approximate surface area is 174 Å². The summed E-state index contributed by atoms with van der Waals surface area (Å²) in [5.41, 5.74) is 1.76. The first-order valence-electron chi connectivity index (χ1n) is 9.17. The minimum absolute atomic E-state index is 0.215. The van der Waals surface area contributed by atoms with Crippen molar-refractivity contribution in [2.24, 2.45) is 5.92 Å². The standard InChI is InChI=1S/C22H22ClN3O3/c1-13(2)22(28)24-21-19(15-5-11-18(29-4)12-6-15)20(27)14(3)25-26(21)17-9-7-16(23)8-10-17/h5-13H,1-4H3,(H,24,28). The lowest BCUT2D eigenvalue weighted by Gasteiger charge is -2.19. The fourth-order valence-corrected chi connectivity index (χ4v) is 2.94. The summed E-state index contributed by atoms with van der Waals surface area (Å²) in [7, 11) is 1.58. The molecule has 0 bridgehead atoms. The molecule has 3 aromatic rings. The van der Waals surface area contributed by atoms with Gasteiger partial charge >= 0.3 is 0 Å². The van der Waals surface area contributed by atoms with Gasteiger partial charge in [0.25, 0.3) is 0 Å². The van der Waals surface area contributed by atoms with Crippen LogP contribution in [0.5, 0.6) is 5.75 Å². The Balaban J connectivity index is 2.30. The molecule has 0 radical (unpaired) electrons. The number of halogens is 1. The van der Waals surface area contributed by atoms with Gasteiger partial charge in [-0.2, -0.15) is 5.10 Å². The highest BCUT2D eigenvalue weighted by Gasteiger charge is 2.21. The van der Waals surface area contributed by atoms with Gasteiger partial charge in [-0.25, -0.2) is 4.68 Å². The second-order valence-electron chi connectivity index (χ2n) is 6.90. The molecule has 0 unspecified atom stereocenters. The molecule has 2 aromatic carbocycles. The monoisotopic (exact) mass is 411 g/mol. The van der Waals surface area contributed by atoms with Crippen LogP contribution in [0, 0.1) is 12.8 Å². The lowest BCUT2D eigenvalue weighted by atomic mass is 10.0. The highest BCUT2D eigenvalue weighted by atomic mass is 35.5. The Morgan fingerprint density at radius 3 is 2.28 bits per heavy atom. The van der Waals surface area contributed by atoms with E-state index < -0.39 is 0 Å². The van der Waals surface area contributed by atoms with Crippen molar-refractivity contribution in [1.82, 2.24) is 9.78 Å². The zero-order valence-corrected chi connectivity index (χ0v) is 17.4. The average Bonchev–Trinajstić information content (AvgIpc) is 2.71. The van der Waals surface area contributed by atoms with Gasteiger partial charge < -0.3 is 10.1 Å². The fourth-order valence-electron chi connectivity index (χ4n) is 2.81. The van der Waals surface area contributed by atoms with E-state index in [-0.39, 0.29) is 17.3 Å². The second kappa shape index (κ2) is 8.49. The second-order valence-corrected chi connectivity index (χ2v) is 7.34. The van der Waals surface area contributed by atoms with Gasteiger partial charge in [-0.1, -0.05) is 37.6 Å². The molecule has 150 valence electrons. The lowest BCUT2D eigenvalue weighted by Crippen LogP contribution is -2.26. The zero-order valence-electron chi connectivity index (χ0n) is 16.7. The van der Waals surface area contributed by atoms with Gasteiger partial charge in [-0.15, -0.1) is 0 Å². The molecule has 1 N–H and O–H groups in total. The molecule has 0 atom stereocenters. The van der Waals surface area contributed by atoms with E-state index in [1.165, 1.54) is 0 Å². The quantitative estimate of drug-likeness (QED) is 0.672. The first-order valence-corrected chi connectivity index (χ1v) is 9.54. The summed E-state index contributed by atoms with van der Waals surface area (Å²) in [6, 6.07) is 14.1. The number of rotatable bonds is 5. The Hall–Kier alpha value is -3.12. The number of hydrogen-bond donors (Lipinski definition) is 1. The summed E-state index contributed by atoms with van der Waals surface area (Å²) < 4.78 is 6.77. The highest BCUT2D eigenvalue weighted by Crippen LogP contribution is 2.29. The van der Waals surface area contributed by atoms with E-state index >= 15 is 0 Å². The van der Waals surface area contributed by atoms with Gasteiger partial charge in [0.15, 0.2) is 0 Å². The van der Waals surface area contributed by atoms with Gasteiger partial charge in [-0.05, 0) is 48.9 Å². The summed E-state index contributed by atoms with van der Waals surface area (Å²) in [6.45, 7) is 5.22. The summed E-state index contributed by atoms with van der Waals surface area (Å²) in [5, 5.41) is 7.89. The Morgan fingerprint density at radius 2 is 1.72 bits per heavy atom. The van der Waals surface area contributed by atoms with Crippen molar-refractivity contribution in [3.8, 4) is 22.6 Å². The number of anilines is 1. The summed E-state index contributed by atoms with van der Waals surface area (Å²) in [6.07, 6.45) is 0. The minimum Gasteiger partial charge on any atom is -0.497 e. The third kappa shape index (κ3) is 4.32. The number of nitrogens with zero attached hydrogens (tertiary/aromatic N) is 2. The van der Waals surface area contributed by atoms with E-state index in [4.69, 9.17) is 16.3 Å². The smallest absolute Gasteiger partial charge is 0.228 e. The van der Waals surface area contributed by atoms with Crippen LogP contribution in [0.4, 0.5) is 5.82 Å². The van der Waals surface area contributed by atoms with Crippen LogP contribution in [0.15, 0.2) is 53.3 Å². The first-order chi connectivity index (χ1) is 13.8. The van der Waals surface area contributed by atoms with Crippen LogP contribution in [0.25, 0.3) is 16.8 Å². The van der Waals surface area contributed by atoms with E-state index in [0.717, 1.165) is 0 Å². The summed E-state index contributed by atoms with van der Waals surface area (Å²) >= 11 is 6.02. The van der Waals surface area contributed by atoms with Crippen LogP contribution in [-0.4, -0.2) is 22.8 Å². The van der Waals surface area contributed by atoms with Crippen LogP contribution >= 0.6 is 11.6 Å². The molecule has 1 heterocycles. The average molecular weight is 412 g/mol. The number of ether oxygens (including phenoxy) is 1. The molecule has 0 spiro atoms. The van der Waals surface area contributed by atoms with Crippen molar-refractivity contribution in [3.63, 3.8) is 0 Å². The topological polar surface area (TPSA) is 73.2 Å². The van der Waals surface area contributed by atoms with E-state index in [0.29, 0.717) is 39.1 Å². The number of carbonyl (C=O) groups excluding carboxylic acids is 1. The van der Waals surface area contributed by atoms with Gasteiger partial charge in [0.05, 0.1) is 18.4 Å². The van der Waals surface area contributed by atoms with Crippen LogP contribution < -0.4 is 15.5 Å². The molecule has 0 saturated carbocycles. The van der Waals surface area contributed by atoms with Crippen molar-refractivity contribution in [2.75, 3.05) is 12.4 Å². The maximum absolute atomic E-state index is 13.1. The molecule has 1 aromatic heterocycles. The van der Waals surface area contributed by atoms with Crippen molar-refractivity contribution < 1.29 is 9.53 Å². The Bertz CT molecular complexity index is 1090. The number of amides is 1. The largest absolute Gasteiger partial charge is 0.497 e. The number of nitrogens with one attached hydrogen (secondary N) is 1. The molecule has 3 rings (SSSR count). The normalized spacial score (nSPS) is 10.8. The third-order valence-corrected chi connectivity index (χ3v) is 4.72. The van der Waals surface area contributed by atoms with Crippen LogP contribution in [0.2, 0.25) is 5.02 Å². The molecule has 0 aliphatic rings. The third-order valence-electron chi connectivity index (χ3n) is 4.47. The zero-order chi connectivity index (χ0) is 21.1. The van der Waals surface area contributed by atoms with Gasteiger partial charge in [0.2, 0.25) is 11.3 Å². The molecule has 29 heavy (non-hydrogen) atoms. The Kier molecular flexibility index (Phi) is 6.03. The van der Waals surface area contributed by atoms with Crippen LogP contribution in [0.1, 0.15) is 19.5 Å². The summed E-state index contributed by atoms with van der Waals surface area (Å²) in [4.78, 5) is 25.6. The van der Waals surface area contributed by atoms with Gasteiger partial charge in [0, 0.05) is 10.9 Å². The Morgan fingerprint density at radius 1 is 1.10 bits per heavy atom. The molecule has 0 aliphatic heterocycles. The molecular weight excluding hydrogens is 390 g/mol. The maximum atomic E-state index is 13.1. The van der Waals surface area contributed by atoms with Crippen molar-refractivity contribution in [3.05, 3.63) is 69.5 Å². The number of carbonyl (C=O) groups is 1. The predicted octanol–water partition coefficient (Wildman–Crippen LogP) is 4.46. The number of benzene rings is 2. The van der Waals surface area contributed by atoms with E-state index in [2.05, 4.69) is 10.4 Å². The van der Waals surface area contributed by atoms with Crippen LogP contribution in [-0.2, 0) is 4.79 Å². The van der Waals surface area contributed by atoms with Gasteiger partial charge in [0.1, 0.15) is 17.3 Å². The van der Waals surface area contributed by atoms with E-state index in [9.17, 15) is 9.59 Å². The van der Waals surface area contributed by atoms with Gasteiger partial charge in [-0.3, -0.25) is 9.59 Å². The SMILES string of the molecule is COc1ccc(-c2c(NC(=O)C(C)C)n(-c3ccc(Cl)cc3)nc(C)c2=O)cc1. The fraction of sp³-hybridized carbons (Fsp3) is 0.227. The van der Waals surface area contributed by atoms with E-state index in [1.54, 1.807) is 81.1 Å².